The topological polar surface area (TPSA) is 307 Å². The van der Waals surface area contributed by atoms with E-state index in [-0.39, 0.29) is 18.9 Å². The molecule has 12 N–H and O–H groups in total. The third-order valence-electron chi connectivity index (χ3n) is 22.7. The minimum absolute atomic E-state index is 0.231. The van der Waals surface area contributed by atoms with Crippen molar-refractivity contribution < 1.29 is 89.4 Å². The summed E-state index contributed by atoms with van der Waals surface area (Å²) in [5.41, 5.74) is 0. The first-order chi connectivity index (χ1) is 50.8. The number of hydrogen-bond donors (Lipinski definition) is 12. The van der Waals surface area contributed by atoms with Crippen LogP contribution in [0.3, 0.4) is 0 Å². The van der Waals surface area contributed by atoms with Crippen LogP contribution in [0.15, 0.2) is 0 Å². The summed E-state index contributed by atoms with van der Waals surface area (Å²) in [6.45, 7) is 1.89. The Hall–Kier alpha value is -1.21. The number of aliphatic hydroxyl groups excluding tert-OH is 11. The summed E-state index contributed by atoms with van der Waals surface area (Å²) in [6.07, 6.45) is 52.1. The second kappa shape index (κ2) is 66.4. The Bertz CT molecular complexity index is 1880. The Morgan fingerprint density at radius 2 is 0.548 bits per heavy atom. The number of hydrogen-bond acceptors (Lipinski definition) is 18. The fraction of sp³-hybridized carbons (Fsp3) is 0.988. The monoisotopic (exact) mass is 1490 g/mol. The molecule has 3 rings (SSSR count). The third kappa shape index (κ3) is 45.3. The van der Waals surface area contributed by atoms with Gasteiger partial charge in [-0.2, -0.15) is 0 Å². The maximum absolute atomic E-state index is 13.5. The summed E-state index contributed by atoms with van der Waals surface area (Å²) in [5, 5.41) is 121. The molecule has 0 aliphatic carbocycles. The lowest BCUT2D eigenvalue weighted by molar-refractivity contribution is -0.379. The molecule has 3 saturated heterocycles. The molecule has 0 radical (unpaired) electrons. The van der Waals surface area contributed by atoms with Crippen molar-refractivity contribution in [3.8, 4) is 0 Å². The van der Waals surface area contributed by atoms with Crippen LogP contribution in [0.4, 0.5) is 0 Å². The number of aliphatic hydroxyl groups is 11. The molecule has 0 saturated carbocycles. The molecule has 3 aliphatic rings. The Kier molecular flexibility index (Phi) is 61.9. The average Bonchev–Trinajstić information content (AvgIpc) is 0.783. The van der Waals surface area contributed by atoms with Crippen LogP contribution in [0.2, 0.25) is 0 Å². The SMILES string of the molecule is CCCCCCCCCCCCCCCCCCCCCCCCCCCCCCCCCCC(=O)NC(COC1OC(CO)C(OC2OC(CO)C(OC3OC(CO)C(O)C(O)C3O)C(O)C2O)C(O)C1O)C(O)CCCCCCCCCCCCCCCCCCCCCCCCCCCCC. The lowest BCUT2D eigenvalue weighted by Crippen LogP contribution is -2.66. The molecule has 0 aromatic rings. The van der Waals surface area contributed by atoms with E-state index in [0.29, 0.717) is 12.8 Å². The van der Waals surface area contributed by atoms with Crippen LogP contribution in [0, 0.1) is 0 Å². The maximum atomic E-state index is 13.5. The van der Waals surface area contributed by atoms with Crippen LogP contribution in [0.25, 0.3) is 0 Å². The lowest BCUT2D eigenvalue weighted by atomic mass is 9.96. The van der Waals surface area contributed by atoms with E-state index in [1.165, 1.54) is 327 Å². The van der Waals surface area contributed by atoms with Crippen molar-refractivity contribution in [3.63, 3.8) is 0 Å². The second-order valence-electron chi connectivity index (χ2n) is 32.1. The van der Waals surface area contributed by atoms with E-state index in [0.717, 1.165) is 44.9 Å². The average molecular weight is 1490 g/mol. The molecule has 618 valence electrons. The van der Waals surface area contributed by atoms with E-state index in [2.05, 4.69) is 19.2 Å². The predicted molar refractivity (Wildman–Crippen MR) is 416 cm³/mol. The number of carbonyl (C=O) groups is 1. The van der Waals surface area contributed by atoms with Crippen molar-refractivity contribution in [1.29, 1.82) is 0 Å². The molecular formula is C85H165NO18. The Morgan fingerprint density at radius 1 is 0.308 bits per heavy atom. The highest BCUT2D eigenvalue weighted by molar-refractivity contribution is 5.76. The highest BCUT2D eigenvalue weighted by Gasteiger charge is 2.54. The first kappa shape index (κ1) is 97.0. The number of amides is 1. The zero-order valence-corrected chi connectivity index (χ0v) is 66.6. The second-order valence-corrected chi connectivity index (χ2v) is 32.1. The fourth-order valence-electron chi connectivity index (χ4n) is 15.6. The molecule has 19 heteroatoms. The molecule has 1 amide bonds. The van der Waals surface area contributed by atoms with Crippen molar-refractivity contribution in [2.75, 3.05) is 26.4 Å². The standard InChI is InChI=1S/C85H165NO18/c1-3-5-7-9-11-13-15-17-19-21-23-25-27-29-31-32-33-34-35-37-39-41-43-45-47-49-51-53-55-57-59-61-63-73(91)86-68(69(90)62-60-58-56-54-52-50-48-46-44-42-40-38-36-30-28-26-24-22-20-18-16-14-12-10-8-6-4-2)67-99-83-79(97)76(94)81(71(65-88)101-83)104-85-80(98)77(95)82(72(66-89)102-85)103-84-78(96)75(93)74(92)70(64-87)100-84/h68-72,74-85,87-90,92-98H,3-67H2,1-2H3,(H,86,91). The summed E-state index contributed by atoms with van der Waals surface area (Å²) < 4.78 is 34.6. The van der Waals surface area contributed by atoms with Crippen LogP contribution >= 0.6 is 0 Å². The van der Waals surface area contributed by atoms with Gasteiger partial charge < -0.3 is 89.9 Å². The van der Waals surface area contributed by atoms with Crippen molar-refractivity contribution in [1.82, 2.24) is 5.32 Å². The Labute approximate surface area is 634 Å². The molecule has 0 aromatic heterocycles. The van der Waals surface area contributed by atoms with Gasteiger partial charge in [0.05, 0.1) is 38.6 Å². The number of rotatable bonds is 73. The third-order valence-corrected chi connectivity index (χ3v) is 22.7. The molecule has 17 unspecified atom stereocenters. The van der Waals surface area contributed by atoms with Crippen molar-refractivity contribution >= 4 is 5.91 Å². The van der Waals surface area contributed by atoms with E-state index < -0.39 is 124 Å². The summed E-state index contributed by atoms with van der Waals surface area (Å²) >= 11 is 0. The highest BCUT2D eigenvalue weighted by Crippen LogP contribution is 2.34. The number of carbonyl (C=O) groups excluding carboxylic acids is 1. The van der Waals surface area contributed by atoms with Gasteiger partial charge in [-0.05, 0) is 12.8 Å². The zero-order valence-electron chi connectivity index (χ0n) is 66.6. The molecule has 0 bridgehead atoms. The molecule has 19 nitrogen and oxygen atoms in total. The summed E-state index contributed by atoms with van der Waals surface area (Å²) in [5.74, 6) is -0.231. The van der Waals surface area contributed by atoms with Gasteiger partial charge in [-0.3, -0.25) is 4.79 Å². The van der Waals surface area contributed by atoms with E-state index in [9.17, 15) is 61.0 Å². The molecule has 3 fully saturated rings. The molecule has 0 spiro atoms. The van der Waals surface area contributed by atoms with Crippen LogP contribution in [-0.4, -0.2) is 193 Å². The van der Waals surface area contributed by atoms with Gasteiger partial charge in [0.15, 0.2) is 18.9 Å². The van der Waals surface area contributed by atoms with Gasteiger partial charge in [-0.1, -0.05) is 386 Å². The number of ether oxygens (including phenoxy) is 6. The zero-order chi connectivity index (χ0) is 75.3. The smallest absolute Gasteiger partial charge is 0.220 e. The Morgan fingerprint density at radius 3 is 0.837 bits per heavy atom. The first-order valence-electron chi connectivity index (χ1n) is 44.3. The van der Waals surface area contributed by atoms with Gasteiger partial charge in [0.2, 0.25) is 5.91 Å². The van der Waals surface area contributed by atoms with E-state index in [1.807, 2.05) is 0 Å². The van der Waals surface area contributed by atoms with Gasteiger partial charge in [-0.25, -0.2) is 0 Å². The number of unbranched alkanes of at least 4 members (excludes halogenated alkanes) is 57. The van der Waals surface area contributed by atoms with Gasteiger partial charge in [0.25, 0.3) is 0 Å². The van der Waals surface area contributed by atoms with Crippen molar-refractivity contribution in [2.24, 2.45) is 0 Å². The molecular weight excluding hydrogens is 1320 g/mol. The predicted octanol–water partition coefficient (Wildman–Crippen LogP) is 16.1. The molecule has 0 aromatic carbocycles. The minimum Gasteiger partial charge on any atom is -0.394 e. The van der Waals surface area contributed by atoms with Crippen molar-refractivity contribution in [2.45, 2.75) is 510 Å². The summed E-state index contributed by atoms with van der Waals surface area (Å²) in [4.78, 5) is 13.5. The quantitative estimate of drug-likeness (QED) is 0.0252. The first-order valence-corrected chi connectivity index (χ1v) is 44.3. The molecule has 3 aliphatic heterocycles. The van der Waals surface area contributed by atoms with Gasteiger partial charge >= 0.3 is 0 Å². The molecule has 17 atom stereocenters. The largest absolute Gasteiger partial charge is 0.394 e. The summed E-state index contributed by atoms with van der Waals surface area (Å²) in [7, 11) is 0. The van der Waals surface area contributed by atoms with Gasteiger partial charge in [0, 0.05) is 6.42 Å². The Balaban J connectivity index is 1.32. The van der Waals surface area contributed by atoms with E-state index >= 15 is 0 Å². The summed E-state index contributed by atoms with van der Waals surface area (Å²) in [6, 6.07) is -0.884. The number of nitrogens with one attached hydrogen (secondary N) is 1. The van der Waals surface area contributed by atoms with Crippen LogP contribution in [0.5, 0.6) is 0 Å². The molecule has 3 heterocycles. The van der Waals surface area contributed by atoms with Gasteiger partial charge in [0.1, 0.15) is 73.2 Å². The van der Waals surface area contributed by atoms with E-state index in [4.69, 9.17) is 28.4 Å². The fourth-order valence-corrected chi connectivity index (χ4v) is 15.6. The normalized spacial score (nSPS) is 25.8. The molecule has 104 heavy (non-hydrogen) atoms. The minimum atomic E-state index is -1.97. The van der Waals surface area contributed by atoms with Crippen molar-refractivity contribution in [3.05, 3.63) is 0 Å². The van der Waals surface area contributed by atoms with Crippen LogP contribution in [0.1, 0.15) is 406 Å². The van der Waals surface area contributed by atoms with Crippen LogP contribution < -0.4 is 5.32 Å². The van der Waals surface area contributed by atoms with Crippen LogP contribution in [-0.2, 0) is 33.2 Å². The van der Waals surface area contributed by atoms with E-state index in [1.54, 1.807) is 0 Å². The highest BCUT2D eigenvalue weighted by atomic mass is 16.8. The maximum Gasteiger partial charge on any atom is 0.220 e. The lowest BCUT2D eigenvalue weighted by Gasteiger charge is -2.48. The van der Waals surface area contributed by atoms with Gasteiger partial charge in [-0.15, -0.1) is 0 Å².